The lowest BCUT2D eigenvalue weighted by atomic mass is 9.93. The summed E-state index contributed by atoms with van der Waals surface area (Å²) in [5.74, 6) is -0.566. The normalized spacial score (nSPS) is 17.1. The second-order valence-electron chi connectivity index (χ2n) is 7.11. The maximum absolute atomic E-state index is 12.1. The molecule has 0 saturated heterocycles. The Bertz CT molecular complexity index is 607. The summed E-state index contributed by atoms with van der Waals surface area (Å²) >= 11 is 0. The minimum atomic E-state index is -1.01. The molecule has 0 unspecified atom stereocenters. The molecule has 1 aliphatic heterocycles. The van der Waals surface area contributed by atoms with E-state index in [4.69, 9.17) is 9.84 Å². The fourth-order valence-corrected chi connectivity index (χ4v) is 2.75. The third-order valence-electron chi connectivity index (χ3n) is 4.12. The fourth-order valence-electron chi connectivity index (χ4n) is 2.75. The molecule has 5 heteroatoms. The zero-order valence-corrected chi connectivity index (χ0v) is 14.2. The molecule has 0 aromatic heterocycles. The number of fused-ring (bicyclic) bond motifs is 1. The Hall–Kier alpha value is -2.04. The van der Waals surface area contributed by atoms with Gasteiger partial charge in [0, 0.05) is 0 Å². The van der Waals surface area contributed by atoms with E-state index in [1.54, 1.807) is 13.8 Å². The smallest absolute Gasteiger partial charge is 0.326 e. The van der Waals surface area contributed by atoms with Crippen LogP contribution in [-0.4, -0.2) is 28.6 Å². The molecule has 0 saturated carbocycles. The van der Waals surface area contributed by atoms with Crippen molar-refractivity contribution >= 4 is 11.9 Å². The minimum Gasteiger partial charge on any atom is -0.488 e. The Labute approximate surface area is 137 Å². The molecule has 0 fully saturated rings. The minimum absolute atomic E-state index is 0.155. The van der Waals surface area contributed by atoms with Crippen molar-refractivity contribution in [1.29, 1.82) is 0 Å². The van der Waals surface area contributed by atoms with Gasteiger partial charge >= 0.3 is 5.97 Å². The molecule has 0 radical (unpaired) electrons. The molecule has 1 heterocycles. The lowest BCUT2D eigenvalue weighted by molar-refractivity contribution is -0.143. The SMILES string of the molecule is CC(C)[C@H](NC(=O)Cc1ccc2c(c1)CCC(C)(C)O2)C(=O)O. The first kappa shape index (κ1) is 17.3. The first-order valence-corrected chi connectivity index (χ1v) is 8.01. The highest BCUT2D eigenvalue weighted by molar-refractivity contribution is 5.85. The summed E-state index contributed by atoms with van der Waals surface area (Å²) in [4.78, 5) is 23.2. The zero-order chi connectivity index (χ0) is 17.2. The Morgan fingerprint density at radius 1 is 1.35 bits per heavy atom. The summed E-state index contributed by atoms with van der Waals surface area (Å²) in [7, 11) is 0. The molecule has 1 aliphatic rings. The van der Waals surface area contributed by atoms with Crippen molar-refractivity contribution in [2.45, 2.75) is 58.6 Å². The largest absolute Gasteiger partial charge is 0.488 e. The van der Waals surface area contributed by atoms with E-state index in [2.05, 4.69) is 19.2 Å². The third kappa shape index (κ3) is 4.47. The van der Waals surface area contributed by atoms with Crippen LogP contribution in [0.3, 0.4) is 0 Å². The van der Waals surface area contributed by atoms with Crippen LogP contribution in [0.15, 0.2) is 18.2 Å². The van der Waals surface area contributed by atoms with Crippen molar-refractivity contribution in [3.63, 3.8) is 0 Å². The van der Waals surface area contributed by atoms with Crippen molar-refractivity contribution in [3.8, 4) is 5.75 Å². The zero-order valence-electron chi connectivity index (χ0n) is 14.2. The standard InChI is InChI=1S/C18H25NO4/c1-11(2)16(17(21)22)19-15(20)10-12-5-6-14-13(9-12)7-8-18(3,4)23-14/h5-6,9,11,16H,7-8,10H2,1-4H3,(H,19,20)(H,21,22)/t16-/m0/s1. The van der Waals surface area contributed by atoms with Crippen LogP contribution in [0.4, 0.5) is 0 Å². The maximum atomic E-state index is 12.1. The summed E-state index contributed by atoms with van der Waals surface area (Å²) in [5, 5.41) is 11.7. The molecule has 0 bridgehead atoms. The highest BCUT2D eigenvalue weighted by Crippen LogP contribution is 2.33. The second kappa shape index (κ2) is 6.60. The van der Waals surface area contributed by atoms with Crippen LogP contribution < -0.4 is 10.1 Å². The summed E-state index contributed by atoms with van der Waals surface area (Å²) in [6.07, 6.45) is 2.03. The first-order chi connectivity index (χ1) is 10.7. The van der Waals surface area contributed by atoms with E-state index >= 15 is 0 Å². The summed E-state index contributed by atoms with van der Waals surface area (Å²) in [6.45, 7) is 7.68. The Morgan fingerprint density at radius 2 is 2.04 bits per heavy atom. The summed E-state index contributed by atoms with van der Waals surface area (Å²) in [5.41, 5.74) is 1.82. The first-order valence-electron chi connectivity index (χ1n) is 8.01. The number of rotatable bonds is 5. The molecule has 1 aromatic rings. The highest BCUT2D eigenvalue weighted by atomic mass is 16.5. The topological polar surface area (TPSA) is 75.6 Å². The highest BCUT2D eigenvalue weighted by Gasteiger charge is 2.27. The van der Waals surface area contributed by atoms with Crippen molar-refractivity contribution in [2.24, 2.45) is 5.92 Å². The van der Waals surface area contributed by atoms with Gasteiger partial charge in [-0.15, -0.1) is 0 Å². The molecular formula is C18H25NO4. The molecule has 126 valence electrons. The van der Waals surface area contributed by atoms with Crippen LogP contribution in [-0.2, 0) is 22.4 Å². The van der Waals surface area contributed by atoms with Gasteiger partial charge in [-0.05, 0) is 49.8 Å². The number of ether oxygens (including phenoxy) is 1. The Balaban J connectivity index is 2.04. The van der Waals surface area contributed by atoms with Gasteiger partial charge in [0.25, 0.3) is 0 Å². The van der Waals surface area contributed by atoms with Crippen LogP contribution in [0.2, 0.25) is 0 Å². The van der Waals surface area contributed by atoms with E-state index in [0.717, 1.165) is 29.7 Å². The number of aryl methyl sites for hydroxylation is 1. The van der Waals surface area contributed by atoms with Gasteiger partial charge in [0.05, 0.1) is 6.42 Å². The predicted octanol–water partition coefficient (Wildman–Crippen LogP) is 2.56. The van der Waals surface area contributed by atoms with Crippen molar-refractivity contribution in [2.75, 3.05) is 0 Å². The van der Waals surface area contributed by atoms with Crippen molar-refractivity contribution in [1.82, 2.24) is 5.32 Å². The maximum Gasteiger partial charge on any atom is 0.326 e. The number of carboxylic acids is 1. The number of carbonyl (C=O) groups excluding carboxylic acids is 1. The molecular weight excluding hydrogens is 294 g/mol. The van der Waals surface area contributed by atoms with E-state index in [0.29, 0.717) is 0 Å². The average Bonchev–Trinajstić information content (AvgIpc) is 2.43. The fraction of sp³-hybridized carbons (Fsp3) is 0.556. The van der Waals surface area contributed by atoms with E-state index in [-0.39, 0.29) is 23.8 Å². The molecule has 0 aliphatic carbocycles. The molecule has 2 rings (SSSR count). The van der Waals surface area contributed by atoms with Gasteiger partial charge in [-0.3, -0.25) is 4.79 Å². The lowest BCUT2D eigenvalue weighted by Crippen LogP contribution is -2.44. The molecule has 1 atom stereocenters. The van der Waals surface area contributed by atoms with Gasteiger partial charge in [0.1, 0.15) is 17.4 Å². The molecule has 23 heavy (non-hydrogen) atoms. The number of benzene rings is 1. The Morgan fingerprint density at radius 3 is 2.65 bits per heavy atom. The van der Waals surface area contributed by atoms with Crippen LogP contribution in [0, 0.1) is 5.92 Å². The molecule has 5 nitrogen and oxygen atoms in total. The van der Waals surface area contributed by atoms with Gasteiger partial charge in [-0.2, -0.15) is 0 Å². The van der Waals surface area contributed by atoms with Gasteiger partial charge < -0.3 is 15.2 Å². The number of hydrogen-bond donors (Lipinski definition) is 2. The average molecular weight is 319 g/mol. The third-order valence-corrected chi connectivity index (χ3v) is 4.12. The second-order valence-corrected chi connectivity index (χ2v) is 7.11. The van der Waals surface area contributed by atoms with E-state index in [1.165, 1.54) is 0 Å². The molecule has 1 aromatic carbocycles. The van der Waals surface area contributed by atoms with Crippen LogP contribution in [0.1, 0.15) is 45.2 Å². The van der Waals surface area contributed by atoms with Gasteiger partial charge in [0.2, 0.25) is 5.91 Å². The molecule has 1 amide bonds. The molecule has 0 spiro atoms. The van der Waals surface area contributed by atoms with E-state index in [1.807, 2.05) is 18.2 Å². The quantitative estimate of drug-likeness (QED) is 0.874. The summed E-state index contributed by atoms with van der Waals surface area (Å²) < 4.78 is 5.93. The van der Waals surface area contributed by atoms with E-state index in [9.17, 15) is 9.59 Å². The predicted molar refractivity (Wildman–Crippen MR) is 87.6 cm³/mol. The van der Waals surface area contributed by atoms with Crippen molar-refractivity contribution in [3.05, 3.63) is 29.3 Å². The van der Waals surface area contributed by atoms with Crippen LogP contribution >= 0.6 is 0 Å². The lowest BCUT2D eigenvalue weighted by Gasteiger charge is -2.32. The van der Waals surface area contributed by atoms with Crippen LogP contribution in [0.25, 0.3) is 0 Å². The van der Waals surface area contributed by atoms with Crippen molar-refractivity contribution < 1.29 is 19.4 Å². The van der Waals surface area contributed by atoms with E-state index < -0.39 is 12.0 Å². The van der Waals surface area contributed by atoms with Gasteiger partial charge in [-0.1, -0.05) is 26.0 Å². The number of hydrogen-bond acceptors (Lipinski definition) is 3. The van der Waals surface area contributed by atoms with Gasteiger partial charge in [-0.25, -0.2) is 4.79 Å². The number of amides is 1. The Kier molecular flexibility index (Phi) is 4.97. The monoisotopic (exact) mass is 319 g/mol. The van der Waals surface area contributed by atoms with Gasteiger partial charge in [0.15, 0.2) is 0 Å². The summed E-state index contributed by atoms with van der Waals surface area (Å²) in [6, 6.07) is 4.89. The molecule has 2 N–H and O–H groups in total. The number of carboxylic acid groups (broad SMARTS) is 1. The number of aliphatic carboxylic acids is 1. The number of nitrogens with one attached hydrogen (secondary N) is 1. The van der Waals surface area contributed by atoms with Crippen LogP contribution in [0.5, 0.6) is 5.75 Å². The number of carbonyl (C=O) groups is 2.